The molecule has 1 aliphatic carbocycles. The molecule has 1 aliphatic heterocycles. The van der Waals surface area contributed by atoms with Gasteiger partial charge < -0.3 is 4.74 Å². The predicted molar refractivity (Wildman–Crippen MR) is 98.8 cm³/mol. The van der Waals surface area contributed by atoms with Gasteiger partial charge in [0, 0.05) is 25.2 Å². The summed E-state index contributed by atoms with van der Waals surface area (Å²) >= 11 is 0. The van der Waals surface area contributed by atoms with Gasteiger partial charge in [-0.05, 0) is 24.5 Å². The van der Waals surface area contributed by atoms with E-state index in [4.69, 9.17) is 4.74 Å². The summed E-state index contributed by atoms with van der Waals surface area (Å²) in [6.45, 7) is 4.05. The minimum atomic E-state index is -0.690. The molecule has 0 radical (unpaired) electrons. The Balaban J connectivity index is 1.65. The van der Waals surface area contributed by atoms with E-state index in [1.165, 1.54) is 5.56 Å². The third-order valence-corrected chi connectivity index (χ3v) is 5.65. The summed E-state index contributed by atoms with van der Waals surface area (Å²) in [6.07, 6.45) is 0.622. The molecule has 1 saturated heterocycles. The van der Waals surface area contributed by atoms with Gasteiger partial charge in [-0.15, -0.1) is 0 Å². The van der Waals surface area contributed by atoms with Crippen LogP contribution in [0, 0.1) is 11.3 Å². The van der Waals surface area contributed by atoms with Gasteiger partial charge in [0.1, 0.15) is 0 Å². The highest BCUT2D eigenvalue weighted by molar-refractivity contribution is 6.07. The fourth-order valence-electron chi connectivity index (χ4n) is 4.51. The van der Waals surface area contributed by atoms with Crippen LogP contribution in [0.2, 0.25) is 0 Å². The molecule has 2 aromatic carbocycles. The fourth-order valence-corrected chi connectivity index (χ4v) is 4.51. The van der Waals surface area contributed by atoms with Crippen LogP contribution in [0.5, 0.6) is 0 Å². The molecule has 0 aromatic heterocycles. The van der Waals surface area contributed by atoms with Crippen LogP contribution in [0.4, 0.5) is 0 Å². The van der Waals surface area contributed by atoms with Crippen molar-refractivity contribution in [3.8, 4) is 0 Å². The number of rotatable bonds is 4. The molecule has 134 valence electrons. The number of ketones is 1. The second-order valence-corrected chi connectivity index (χ2v) is 7.28. The van der Waals surface area contributed by atoms with Crippen molar-refractivity contribution in [3.63, 3.8) is 0 Å². The first-order valence-corrected chi connectivity index (χ1v) is 9.19. The number of fused-ring (bicyclic) bond motifs is 1. The van der Waals surface area contributed by atoms with Gasteiger partial charge in [-0.25, -0.2) is 0 Å². The highest BCUT2D eigenvalue weighted by atomic mass is 16.5. The molecule has 0 saturated carbocycles. The molecule has 1 heterocycles. The van der Waals surface area contributed by atoms with Crippen LogP contribution in [0.15, 0.2) is 54.6 Å². The molecule has 1 fully saturated rings. The first-order valence-electron chi connectivity index (χ1n) is 9.19. The molecule has 1 spiro atoms. The largest absolute Gasteiger partial charge is 0.466 e. The Morgan fingerprint density at radius 2 is 1.88 bits per heavy atom. The van der Waals surface area contributed by atoms with Gasteiger partial charge >= 0.3 is 5.97 Å². The second-order valence-electron chi connectivity index (χ2n) is 7.28. The maximum atomic E-state index is 13.3. The normalized spacial score (nSPS) is 24.8. The van der Waals surface area contributed by atoms with Crippen molar-refractivity contribution in [3.05, 3.63) is 71.3 Å². The second kappa shape index (κ2) is 6.69. The Bertz CT molecular complexity index is 832. The Kier molecular flexibility index (Phi) is 4.37. The van der Waals surface area contributed by atoms with Gasteiger partial charge in [-0.3, -0.25) is 14.5 Å². The lowest BCUT2D eigenvalue weighted by molar-refractivity contribution is -0.150. The zero-order chi connectivity index (χ0) is 18.1. The van der Waals surface area contributed by atoms with Crippen LogP contribution in [-0.2, 0) is 22.5 Å². The maximum absolute atomic E-state index is 13.3. The summed E-state index contributed by atoms with van der Waals surface area (Å²) < 4.78 is 5.34. The summed E-state index contributed by atoms with van der Waals surface area (Å²) in [6, 6.07) is 17.9. The van der Waals surface area contributed by atoms with E-state index in [1.807, 2.05) is 49.4 Å². The van der Waals surface area contributed by atoms with E-state index in [2.05, 4.69) is 17.0 Å². The molecular weight excluding hydrogens is 326 g/mol. The molecule has 26 heavy (non-hydrogen) atoms. The average molecular weight is 349 g/mol. The van der Waals surface area contributed by atoms with Crippen LogP contribution < -0.4 is 0 Å². The Morgan fingerprint density at radius 1 is 1.15 bits per heavy atom. The maximum Gasteiger partial charge on any atom is 0.311 e. The third kappa shape index (κ3) is 2.74. The summed E-state index contributed by atoms with van der Waals surface area (Å²) in [7, 11) is 0. The van der Waals surface area contributed by atoms with Gasteiger partial charge in [-0.1, -0.05) is 54.6 Å². The van der Waals surface area contributed by atoms with Crippen LogP contribution in [-0.4, -0.2) is 36.3 Å². The molecule has 2 atom stereocenters. The van der Waals surface area contributed by atoms with Gasteiger partial charge in [0.2, 0.25) is 0 Å². The highest BCUT2D eigenvalue weighted by Gasteiger charge is 2.58. The monoisotopic (exact) mass is 349 g/mol. The number of carbonyl (C=O) groups excluding carboxylic acids is 2. The Morgan fingerprint density at radius 3 is 2.62 bits per heavy atom. The zero-order valence-electron chi connectivity index (χ0n) is 15.0. The van der Waals surface area contributed by atoms with Crippen molar-refractivity contribution in [1.82, 2.24) is 4.90 Å². The van der Waals surface area contributed by atoms with Crippen molar-refractivity contribution in [2.75, 3.05) is 19.7 Å². The van der Waals surface area contributed by atoms with E-state index >= 15 is 0 Å². The minimum absolute atomic E-state index is 0.0988. The van der Waals surface area contributed by atoms with Crippen LogP contribution >= 0.6 is 0 Å². The number of Topliss-reactive ketones (excluding diaryl/α,β-unsaturated/α-hetero) is 1. The van der Waals surface area contributed by atoms with Crippen LogP contribution in [0.25, 0.3) is 0 Å². The molecule has 0 amide bonds. The van der Waals surface area contributed by atoms with E-state index in [9.17, 15) is 9.59 Å². The van der Waals surface area contributed by atoms with Gasteiger partial charge in [-0.2, -0.15) is 0 Å². The van der Waals surface area contributed by atoms with Gasteiger partial charge in [0.15, 0.2) is 5.78 Å². The van der Waals surface area contributed by atoms with Crippen molar-refractivity contribution < 1.29 is 14.3 Å². The summed E-state index contributed by atoms with van der Waals surface area (Å²) in [5, 5.41) is 0. The van der Waals surface area contributed by atoms with E-state index in [-0.39, 0.29) is 11.8 Å². The number of benzene rings is 2. The minimum Gasteiger partial charge on any atom is -0.466 e. The lowest BCUT2D eigenvalue weighted by Crippen LogP contribution is -2.41. The predicted octanol–water partition coefficient (Wildman–Crippen LogP) is 3.11. The number of likely N-dealkylation sites (tertiary alicyclic amines) is 1. The number of hydrogen-bond donors (Lipinski definition) is 0. The van der Waals surface area contributed by atoms with Crippen LogP contribution in [0.1, 0.15) is 28.4 Å². The molecule has 0 N–H and O–H groups in total. The van der Waals surface area contributed by atoms with Crippen LogP contribution in [0.3, 0.4) is 0 Å². The number of hydrogen-bond acceptors (Lipinski definition) is 4. The van der Waals surface area contributed by atoms with E-state index < -0.39 is 11.3 Å². The van der Waals surface area contributed by atoms with E-state index in [1.54, 1.807) is 0 Å². The van der Waals surface area contributed by atoms with E-state index in [0.29, 0.717) is 26.1 Å². The zero-order valence-corrected chi connectivity index (χ0v) is 15.0. The van der Waals surface area contributed by atoms with Crippen molar-refractivity contribution >= 4 is 11.8 Å². The Hall–Kier alpha value is -2.46. The molecule has 0 unspecified atom stereocenters. The van der Waals surface area contributed by atoms with Gasteiger partial charge in [0.25, 0.3) is 0 Å². The Labute approximate surface area is 153 Å². The number of ether oxygens (including phenoxy) is 1. The summed E-state index contributed by atoms with van der Waals surface area (Å²) in [4.78, 5) is 28.2. The summed E-state index contributed by atoms with van der Waals surface area (Å²) in [5.41, 5.74) is 2.32. The first kappa shape index (κ1) is 17.0. The standard InChI is InChI=1S/C22H23NO3/c1-2-26-21(25)19-14-23(13-16-8-4-3-5-9-16)15-22(19)12-17-10-6-7-11-18(17)20(22)24/h3-11,19H,2,12-15H2,1H3/t19-,22+/m1/s1. The molecule has 0 bridgehead atoms. The lowest BCUT2D eigenvalue weighted by atomic mass is 9.74. The number of nitrogens with zero attached hydrogens (tertiary/aromatic N) is 1. The quantitative estimate of drug-likeness (QED) is 0.796. The SMILES string of the molecule is CCOC(=O)[C@H]1CN(Cc2ccccc2)C[C@@]12Cc1ccccc1C2=O. The molecule has 2 aliphatic rings. The average Bonchev–Trinajstić information content (AvgIpc) is 3.15. The smallest absolute Gasteiger partial charge is 0.311 e. The fraction of sp³-hybridized carbons (Fsp3) is 0.364. The topological polar surface area (TPSA) is 46.6 Å². The highest BCUT2D eigenvalue weighted by Crippen LogP contribution is 2.48. The molecule has 2 aromatic rings. The number of carbonyl (C=O) groups is 2. The van der Waals surface area contributed by atoms with Crippen molar-refractivity contribution in [1.29, 1.82) is 0 Å². The van der Waals surface area contributed by atoms with Gasteiger partial charge in [0.05, 0.1) is 17.9 Å². The molecule has 4 nitrogen and oxygen atoms in total. The molecule has 4 rings (SSSR count). The van der Waals surface area contributed by atoms with E-state index in [0.717, 1.165) is 17.7 Å². The van der Waals surface area contributed by atoms with Crippen molar-refractivity contribution in [2.24, 2.45) is 11.3 Å². The first-order chi connectivity index (χ1) is 12.6. The lowest BCUT2D eigenvalue weighted by Gasteiger charge is -2.27. The summed E-state index contributed by atoms with van der Waals surface area (Å²) in [5.74, 6) is -0.558. The molecular formula is C22H23NO3. The third-order valence-electron chi connectivity index (χ3n) is 5.65. The molecule has 4 heteroatoms. The number of esters is 1. The van der Waals surface area contributed by atoms with Crippen molar-refractivity contribution in [2.45, 2.75) is 19.9 Å².